The lowest BCUT2D eigenvalue weighted by Crippen LogP contribution is -2.29. The van der Waals surface area contributed by atoms with E-state index in [0.29, 0.717) is 5.75 Å². The predicted molar refractivity (Wildman–Crippen MR) is 82.8 cm³/mol. The van der Waals surface area contributed by atoms with Gasteiger partial charge in [0.1, 0.15) is 5.75 Å². The minimum absolute atomic E-state index is 0.0889. The van der Waals surface area contributed by atoms with Crippen molar-refractivity contribution in [2.45, 2.75) is 46.6 Å². The Morgan fingerprint density at radius 2 is 1.63 bits per heavy atom. The molecular weight excluding hydrogens is 279 g/mol. The van der Waals surface area contributed by atoms with Crippen LogP contribution in [-0.2, 0) is 16.3 Å². The van der Waals surface area contributed by atoms with E-state index in [-0.39, 0.29) is 5.41 Å². The van der Waals surface area contributed by atoms with Gasteiger partial charge in [-0.1, -0.05) is 39.0 Å². The summed E-state index contributed by atoms with van der Waals surface area (Å²) < 4.78 is 11.1. The van der Waals surface area contributed by atoms with Crippen molar-refractivity contribution in [3.8, 4) is 5.75 Å². The first-order chi connectivity index (χ1) is 8.49. The number of para-hydroxylation sites is 1. The maximum atomic E-state index is 10.2. The van der Waals surface area contributed by atoms with Gasteiger partial charge in [0.2, 0.25) is 0 Å². The molecule has 0 saturated carbocycles. The summed E-state index contributed by atoms with van der Waals surface area (Å²) in [6.07, 6.45) is 0.775. The highest BCUT2D eigenvalue weighted by atomic mass is 32.5. The van der Waals surface area contributed by atoms with Crippen LogP contribution >= 0.6 is 6.72 Å². The molecule has 0 aromatic heterocycles. The molecule has 0 bridgehead atoms. The Kier molecular flexibility index (Phi) is 5.19. The molecule has 1 unspecified atom stereocenters. The van der Waals surface area contributed by atoms with E-state index in [0.717, 1.165) is 6.42 Å². The van der Waals surface area contributed by atoms with Gasteiger partial charge in [-0.2, -0.15) is 0 Å². The van der Waals surface area contributed by atoms with Crippen molar-refractivity contribution in [2.75, 3.05) is 0 Å². The van der Waals surface area contributed by atoms with E-state index in [1.807, 2.05) is 32.0 Å². The number of hydrogen-bond donors (Lipinski definition) is 1. The van der Waals surface area contributed by atoms with Crippen molar-refractivity contribution in [1.82, 2.24) is 0 Å². The van der Waals surface area contributed by atoms with Gasteiger partial charge in [-0.25, -0.2) is 0 Å². The van der Waals surface area contributed by atoms with Crippen molar-refractivity contribution in [1.29, 1.82) is 0 Å². The number of benzene rings is 1. The third-order valence-electron chi connectivity index (χ3n) is 2.28. The lowest BCUT2D eigenvalue weighted by atomic mass is 9.84. The summed E-state index contributed by atoms with van der Waals surface area (Å²) in [7, 11) is 0. The van der Waals surface area contributed by atoms with Gasteiger partial charge in [0.05, 0.1) is 5.60 Å². The third kappa shape index (κ3) is 7.07. The molecule has 0 fully saturated rings. The summed E-state index contributed by atoms with van der Waals surface area (Å²) in [5.74, 6) is 0.528. The highest BCUT2D eigenvalue weighted by Crippen LogP contribution is 2.49. The fourth-order valence-corrected chi connectivity index (χ4v) is 4.23. The second-order valence-electron chi connectivity index (χ2n) is 6.46. The average Bonchev–Trinajstić information content (AvgIpc) is 2.11. The van der Waals surface area contributed by atoms with Crippen molar-refractivity contribution in [3.63, 3.8) is 0 Å². The lowest BCUT2D eigenvalue weighted by Gasteiger charge is -2.34. The van der Waals surface area contributed by atoms with Crippen molar-refractivity contribution < 1.29 is 13.9 Å². The second kappa shape index (κ2) is 5.92. The lowest BCUT2D eigenvalue weighted by molar-refractivity contribution is 0.0502. The van der Waals surface area contributed by atoms with Crippen LogP contribution in [-0.4, -0.2) is 10.5 Å². The molecule has 0 spiro atoms. The molecule has 1 rings (SSSR count). The van der Waals surface area contributed by atoms with Crippen LogP contribution in [0.3, 0.4) is 0 Å². The van der Waals surface area contributed by atoms with E-state index in [1.54, 1.807) is 12.1 Å². The topological polar surface area (TPSA) is 38.7 Å². The zero-order valence-corrected chi connectivity index (χ0v) is 13.9. The Balaban J connectivity index is 2.71. The second-order valence-corrected chi connectivity index (χ2v) is 9.15. The molecule has 0 radical (unpaired) electrons. The van der Waals surface area contributed by atoms with E-state index in [4.69, 9.17) is 20.9 Å². The van der Waals surface area contributed by atoms with E-state index in [2.05, 4.69) is 20.8 Å². The van der Waals surface area contributed by atoms with Gasteiger partial charge in [-0.15, -0.1) is 0 Å². The zero-order chi connectivity index (χ0) is 14.7. The molecule has 5 heteroatoms. The molecule has 1 N–H and O–H groups in total. The minimum atomic E-state index is -3.29. The van der Waals surface area contributed by atoms with Gasteiger partial charge in [0, 0.05) is 11.8 Å². The Bertz CT molecular complexity index is 452. The summed E-state index contributed by atoms with van der Waals surface area (Å²) >= 11 is 5.08. The summed E-state index contributed by atoms with van der Waals surface area (Å²) in [6.45, 7) is 6.92. The smallest absolute Gasteiger partial charge is 0.378 e. The van der Waals surface area contributed by atoms with Crippen LogP contribution in [0.1, 0.15) is 41.0 Å². The number of hydrogen-bond acceptors (Lipinski definition) is 3. The van der Waals surface area contributed by atoms with Crippen LogP contribution in [0.5, 0.6) is 5.75 Å². The first-order valence-corrected chi connectivity index (χ1v) is 8.86. The quantitative estimate of drug-likeness (QED) is 0.812. The highest BCUT2D eigenvalue weighted by molar-refractivity contribution is 8.07. The molecule has 1 atom stereocenters. The van der Waals surface area contributed by atoms with Crippen LogP contribution < -0.4 is 4.52 Å². The molecule has 0 saturated heterocycles. The molecule has 0 amide bonds. The van der Waals surface area contributed by atoms with Gasteiger partial charge in [0.25, 0.3) is 0 Å². The highest BCUT2D eigenvalue weighted by Gasteiger charge is 2.33. The molecule has 0 aliphatic rings. The summed E-state index contributed by atoms with van der Waals surface area (Å²) in [6, 6.07) is 9.02. The van der Waals surface area contributed by atoms with Gasteiger partial charge in [0.15, 0.2) is 0 Å². The molecule has 108 valence electrons. The fourth-order valence-electron chi connectivity index (χ4n) is 2.25. The summed E-state index contributed by atoms with van der Waals surface area (Å²) in [5, 5.41) is 0. The van der Waals surface area contributed by atoms with Gasteiger partial charge in [-0.3, -0.25) is 4.52 Å². The SMILES string of the molecule is CC(C)(C)CC(C)(C)OP(O)(=S)Oc1ccccc1. The molecule has 0 aliphatic heterocycles. The monoisotopic (exact) mass is 302 g/mol. The van der Waals surface area contributed by atoms with E-state index < -0.39 is 12.3 Å². The molecule has 3 nitrogen and oxygen atoms in total. The summed E-state index contributed by atoms with van der Waals surface area (Å²) in [4.78, 5) is 10.2. The van der Waals surface area contributed by atoms with Crippen molar-refractivity contribution in [2.24, 2.45) is 5.41 Å². The molecule has 1 aromatic carbocycles. The average molecular weight is 302 g/mol. The van der Waals surface area contributed by atoms with Crippen molar-refractivity contribution in [3.05, 3.63) is 30.3 Å². The Labute approximate surface area is 121 Å². The first kappa shape index (κ1) is 16.6. The Morgan fingerprint density at radius 1 is 1.11 bits per heavy atom. The predicted octanol–water partition coefficient (Wildman–Crippen LogP) is 4.51. The van der Waals surface area contributed by atoms with E-state index in [9.17, 15) is 4.89 Å². The molecule has 0 heterocycles. The van der Waals surface area contributed by atoms with Crippen molar-refractivity contribution >= 4 is 18.5 Å². The maximum absolute atomic E-state index is 10.2. The van der Waals surface area contributed by atoms with Crippen LogP contribution in [0, 0.1) is 5.41 Å². The van der Waals surface area contributed by atoms with E-state index in [1.165, 1.54) is 0 Å². The van der Waals surface area contributed by atoms with Crippen LogP contribution in [0.2, 0.25) is 0 Å². The van der Waals surface area contributed by atoms with Crippen LogP contribution in [0.4, 0.5) is 0 Å². The minimum Gasteiger partial charge on any atom is -0.424 e. The Hall–Kier alpha value is -0.410. The molecule has 1 aromatic rings. The largest absolute Gasteiger partial charge is 0.424 e. The molecule has 0 aliphatic carbocycles. The standard InChI is InChI=1S/C14H23O3PS/c1-13(2,3)11-14(4,5)17-18(15,19)16-12-9-7-6-8-10-12/h6-10H,11H2,1-5H3,(H,15,19). The van der Waals surface area contributed by atoms with Gasteiger partial charge < -0.3 is 9.42 Å². The van der Waals surface area contributed by atoms with E-state index >= 15 is 0 Å². The maximum Gasteiger partial charge on any atom is 0.378 e. The van der Waals surface area contributed by atoms with Crippen LogP contribution in [0.25, 0.3) is 0 Å². The van der Waals surface area contributed by atoms with Crippen LogP contribution in [0.15, 0.2) is 30.3 Å². The third-order valence-corrected chi connectivity index (χ3v) is 3.90. The number of rotatable bonds is 5. The normalized spacial score (nSPS) is 15.9. The molecule has 19 heavy (non-hydrogen) atoms. The fraction of sp³-hybridized carbons (Fsp3) is 0.571. The van der Waals surface area contributed by atoms with Gasteiger partial charge >= 0.3 is 6.72 Å². The summed E-state index contributed by atoms with van der Waals surface area (Å²) in [5.41, 5.74) is -0.442. The molecular formula is C14H23O3PS. The first-order valence-electron chi connectivity index (χ1n) is 6.27. The van der Waals surface area contributed by atoms with Gasteiger partial charge in [-0.05, 0) is 37.8 Å². The Morgan fingerprint density at radius 3 is 2.11 bits per heavy atom. The zero-order valence-electron chi connectivity index (χ0n) is 12.2.